The number of hydrogen-bond acceptors (Lipinski definition) is 4. The van der Waals surface area contributed by atoms with Crippen LogP contribution in [0.5, 0.6) is 0 Å². The molecule has 2 heterocycles. The van der Waals surface area contributed by atoms with Crippen LogP contribution in [0.25, 0.3) is 5.82 Å². The number of nitrogens with one attached hydrogen (secondary N) is 1. The maximum Gasteiger partial charge on any atom is 0.255 e. The highest BCUT2D eigenvalue weighted by atomic mass is 16.1. The second-order valence-electron chi connectivity index (χ2n) is 5.73. The first-order valence-corrected chi connectivity index (χ1v) is 7.95. The van der Waals surface area contributed by atoms with Gasteiger partial charge in [-0.1, -0.05) is 32.1 Å². The Morgan fingerprint density at radius 3 is 2.68 bits per heavy atom. The van der Waals surface area contributed by atoms with E-state index in [2.05, 4.69) is 20.4 Å². The molecule has 3 rings (SSSR count). The minimum absolute atomic E-state index is 0.0795. The zero-order valence-corrected chi connectivity index (χ0v) is 12.6. The molecule has 0 aromatic carbocycles. The molecule has 0 radical (unpaired) electrons. The number of nitrogens with zero attached hydrogens (tertiary/aromatic N) is 4. The van der Waals surface area contributed by atoms with Crippen molar-refractivity contribution >= 4 is 5.91 Å². The first-order valence-electron chi connectivity index (χ1n) is 7.95. The molecule has 1 amide bonds. The lowest BCUT2D eigenvalue weighted by molar-refractivity contribution is 0.0930. The lowest BCUT2D eigenvalue weighted by Crippen LogP contribution is -2.36. The maximum atomic E-state index is 12.6. The van der Waals surface area contributed by atoms with Gasteiger partial charge in [-0.15, -0.1) is 0 Å². The fraction of sp³-hybridized carbons (Fsp3) is 0.500. The molecule has 2 aromatic rings. The van der Waals surface area contributed by atoms with Crippen LogP contribution < -0.4 is 5.32 Å². The average Bonchev–Trinajstić information content (AvgIpc) is 3.04. The summed E-state index contributed by atoms with van der Waals surface area (Å²) in [6.45, 7) is 0. The van der Waals surface area contributed by atoms with Crippen LogP contribution in [-0.4, -0.2) is 31.7 Å². The predicted molar refractivity (Wildman–Crippen MR) is 82.7 cm³/mol. The van der Waals surface area contributed by atoms with Crippen LogP contribution in [0.1, 0.15) is 55.3 Å². The van der Waals surface area contributed by atoms with Crippen molar-refractivity contribution in [1.82, 2.24) is 25.1 Å². The highest BCUT2D eigenvalue weighted by molar-refractivity contribution is 5.97. The van der Waals surface area contributed by atoms with Crippen molar-refractivity contribution in [3.63, 3.8) is 0 Å². The molecular formula is C16H21N5O. The van der Waals surface area contributed by atoms with Gasteiger partial charge in [0.15, 0.2) is 5.82 Å². The lowest BCUT2D eigenvalue weighted by atomic mass is 9.96. The van der Waals surface area contributed by atoms with Crippen LogP contribution in [0, 0.1) is 0 Å². The van der Waals surface area contributed by atoms with E-state index < -0.39 is 0 Å². The van der Waals surface area contributed by atoms with Crippen LogP contribution in [0.3, 0.4) is 0 Å². The zero-order chi connectivity index (χ0) is 15.2. The number of carbonyl (C=O) groups excluding carboxylic acids is 1. The van der Waals surface area contributed by atoms with Crippen molar-refractivity contribution in [3.8, 4) is 5.82 Å². The molecule has 1 aliphatic carbocycles. The predicted octanol–water partition coefficient (Wildman–Crippen LogP) is 2.51. The van der Waals surface area contributed by atoms with Gasteiger partial charge in [-0.2, -0.15) is 5.10 Å². The molecule has 1 aliphatic rings. The second-order valence-corrected chi connectivity index (χ2v) is 5.73. The molecule has 1 saturated carbocycles. The molecule has 116 valence electrons. The molecule has 2 aromatic heterocycles. The molecule has 0 spiro atoms. The van der Waals surface area contributed by atoms with Gasteiger partial charge in [0.05, 0.1) is 5.56 Å². The van der Waals surface area contributed by atoms with E-state index in [4.69, 9.17) is 0 Å². The van der Waals surface area contributed by atoms with Gasteiger partial charge in [0.2, 0.25) is 0 Å². The molecule has 6 nitrogen and oxygen atoms in total. The van der Waals surface area contributed by atoms with Crippen molar-refractivity contribution in [2.75, 3.05) is 0 Å². The van der Waals surface area contributed by atoms with E-state index in [1.165, 1.54) is 43.1 Å². The molecule has 0 aliphatic heterocycles. The van der Waals surface area contributed by atoms with Crippen LogP contribution in [0.15, 0.2) is 31.0 Å². The minimum atomic E-state index is -0.0795. The molecule has 6 heteroatoms. The Hall–Kier alpha value is -2.24. The average molecular weight is 299 g/mol. The Morgan fingerprint density at radius 1 is 1.18 bits per heavy atom. The van der Waals surface area contributed by atoms with Gasteiger partial charge in [-0.3, -0.25) is 4.79 Å². The third-order valence-corrected chi connectivity index (χ3v) is 4.11. The number of carbonyl (C=O) groups is 1. The Balaban J connectivity index is 1.74. The molecule has 22 heavy (non-hydrogen) atoms. The lowest BCUT2D eigenvalue weighted by Gasteiger charge is -2.21. The molecular weight excluding hydrogens is 278 g/mol. The van der Waals surface area contributed by atoms with Crippen molar-refractivity contribution < 1.29 is 4.79 Å². The quantitative estimate of drug-likeness (QED) is 0.945. The van der Waals surface area contributed by atoms with Crippen LogP contribution in [0.4, 0.5) is 0 Å². The van der Waals surface area contributed by atoms with Gasteiger partial charge in [-0.25, -0.2) is 14.6 Å². The SMILES string of the molecule is O=C(NC1CCCCCCC1)c1cccnc1-n1cncn1. The fourth-order valence-corrected chi connectivity index (χ4v) is 2.94. The smallest absolute Gasteiger partial charge is 0.255 e. The summed E-state index contributed by atoms with van der Waals surface area (Å²) in [4.78, 5) is 20.8. The van der Waals surface area contributed by atoms with Crippen molar-refractivity contribution in [2.24, 2.45) is 0 Å². The molecule has 1 fully saturated rings. The summed E-state index contributed by atoms with van der Waals surface area (Å²) < 4.78 is 1.52. The highest BCUT2D eigenvalue weighted by Gasteiger charge is 2.18. The van der Waals surface area contributed by atoms with Crippen LogP contribution in [0.2, 0.25) is 0 Å². The van der Waals surface area contributed by atoms with Crippen molar-refractivity contribution in [3.05, 3.63) is 36.5 Å². The summed E-state index contributed by atoms with van der Waals surface area (Å²) in [5, 5.41) is 7.23. The first kappa shape index (κ1) is 14.7. The second kappa shape index (κ2) is 7.15. The Bertz CT molecular complexity index is 603. The van der Waals surface area contributed by atoms with Crippen molar-refractivity contribution in [2.45, 2.75) is 51.0 Å². The van der Waals surface area contributed by atoms with E-state index in [1.54, 1.807) is 24.7 Å². The minimum Gasteiger partial charge on any atom is -0.349 e. The van der Waals surface area contributed by atoms with Gasteiger partial charge >= 0.3 is 0 Å². The Kier molecular flexibility index (Phi) is 4.78. The number of pyridine rings is 1. The third-order valence-electron chi connectivity index (χ3n) is 4.11. The summed E-state index contributed by atoms with van der Waals surface area (Å²) in [6.07, 6.45) is 13.0. The van der Waals surface area contributed by atoms with E-state index >= 15 is 0 Å². The molecule has 0 atom stereocenters. The van der Waals surface area contributed by atoms with E-state index in [9.17, 15) is 4.79 Å². The summed E-state index contributed by atoms with van der Waals surface area (Å²) in [7, 11) is 0. The van der Waals surface area contributed by atoms with Gasteiger partial charge in [0, 0.05) is 12.2 Å². The van der Waals surface area contributed by atoms with Crippen molar-refractivity contribution in [1.29, 1.82) is 0 Å². The normalized spacial score (nSPS) is 16.7. The molecule has 0 unspecified atom stereocenters. The summed E-state index contributed by atoms with van der Waals surface area (Å²) >= 11 is 0. The molecule has 0 saturated heterocycles. The standard InChI is InChI=1S/C16H21N5O/c22-16(20-13-7-4-2-1-3-5-8-13)14-9-6-10-18-15(14)21-12-17-11-19-21/h6,9-13H,1-5,7-8H2,(H,20,22). The Labute approximate surface area is 130 Å². The molecule has 1 N–H and O–H groups in total. The summed E-state index contributed by atoms with van der Waals surface area (Å²) in [5.74, 6) is 0.438. The fourth-order valence-electron chi connectivity index (χ4n) is 2.94. The van der Waals surface area contributed by atoms with Gasteiger partial charge in [0.1, 0.15) is 12.7 Å². The number of aromatic nitrogens is 4. The van der Waals surface area contributed by atoms with Gasteiger partial charge < -0.3 is 5.32 Å². The maximum absolute atomic E-state index is 12.6. The monoisotopic (exact) mass is 299 g/mol. The first-order chi connectivity index (χ1) is 10.8. The van der Waals surface area contributed by atoms with E-state index in [0.29, 0.717) is 11.4 Å². The Morgan fingerprint density at radius 2 is 1.95 bits per heavy atom. The largest absolute Gasteiger partial charge is 0.349 e. The van der Waals surface area contributed by atoms with Gasteiger partial charge in [0.25, 0.3) is 5.91 Å². The topological polar surface area (TPSA) is 72.7 Å². The van der Waals surface area contributed by atoms with E-state index in [-0.39, 0.29) is 11.9 Å². The number of hydrogen-bond donors (Lipinski definition) is 1. The van der Waals surface area contributed by atoms with Gasteiger partial charge in [-0.05, 0) is 25.0 Å². The van der Waals surface area contributed by atoms with E-state index in [1.807, 2.05) is 0 Å². The molecule has 0 bridgehead atoms. The highest BCUT2D eigenvalue weighted by Crippen LogP contribution is 2.18. The zero-order valence-electron chi connectivity index (χ0n) is 12.6. The number of amides is 1. The summed E-state index contributed by atoms with van der Waals surface area (Å²) in [5.41, 5.74) is 0.537. The van der Waals surface area contributed by atoms with E-state index in [0.717, 1.165) is 12.8 Å². The number of rotatable bonds is 3. The van der Waals surface area contributed by atoms with Crippen LogP contribution >= 0.6 is 0 Å². The van der Waals surface area contributed by atoms with Crippen LogP contribution in [-0.2, 0) is 0 Å². The summed E-state index contributed by atoms with van der Waals surface area (Å²) in [6, 6.07) is 3.81. The third kappa shape index (κ3) is 3.50.